The molecule has 3 aliphatic carbocycles. The van der Waals surface area contributed by atoms with Gasteiger partial charge in [-0.05, 0) is 110 Å². The average molecular weight is 589 g/mol. The van der Waals surface area contributed by atoms with Crippen molar-refractivity contribution in [3.63, 3.8) is 0 Å². The van der Waals surface area contributed by atoms with Crippen LogP contribution < -0.4 is 10.1 Å². The fourth-order valence-corrected chi connectivity index (χ4v) is 8.23. The molecular formula is C35H41ClN2O4. The molecule has 0 radical (unpaired) electrons. The summed E-state index contributed by atoms with van der Waals surface area (Å²) in [6, 6.07) is 18.0. The van der Waals surface area contributed by atoms with Crippen LogP contribution in [0.4, 0.5) is 5.69 Å². The number of ether oxygens (including phenoxy) is 1. The van der Waals surface area contributed by atoms with Gasteiger partial charge in [-0.3, -0.25) is 4.98 Å². The Labute approximate surface area is 253 Å². The van der Waals surface area contributed by atoms with E-state index in [1.54, 1.807) is 18.3 Å². The summed E-state index contributed by atoms with van der Waals surface area (Å²) >= 11 is 6.21. The Kier molecular flexibility index (Phi) is 7.97. The molecular weight excluding hydrogens is 548 g/mol. The van der Waals surface area contributed by atoms with E-state index in [0.717, 1.165) is 61.2 Å². The summed E-state index contributed by atoms with van der Waals surface area (Å²) in [6.07, 6.45) is 7.57. The number of hydrogen-bond acceptors (Lipinski definition) is 5. The third kappa shape index (κ3) is 5.40. The smallest absolute Gasteiger partial charge is 0.329 e. The molecule has 0 saturated heterocycles. The van der Waals surface area contributed by atoms with Gasteiger partial charge >= 0.3 is 5.97 Å². The third-order valence-electron chi connectivity index (χ3n) is 10.2. The van der Waals surface area contributed by atoms with Crippen molar-refractivity contribution < 1.29 is 19.7 Å². The normalized spacial score (nSPS) is 29.0. The molecule has 3 aliphatic rings. The minimum atomic E-state index is -1.02. The summed E-state index contributed by atoms with van der Waals surface area (Å²) in [7, 11) is 0. The summed E-state index contributed by atoms with van der Waals surface area (Å²) in [5.41, 5.74) is 4.28. The van der Waals surface area contributed by atoms with E-state index < -0.39 is 17.6 Å². The number of carbonyl (C=O) groups is 1. The lowest BCUT2D eigenvalue weighted by molar-refractivity contribution is -0.144. The fourth-order valence-electron chi connectivity index (χ4n) is 8.04. The highest BCUT2D eigenvalue weighted by molar-refractivity contribution is 6.30. The van der Waals surface area contributed by atoms with Crippen molar-refractivity contribution >= 4 is 23.3 Å². The van der Waals surface area contributed by atoms with Crippen molar-refractivity contribution in [1.29, 1.82) is 0 Å². The summed E-state index contributed by atoms with van der Waals surface area (Å²) in [5.74, 6) is 1.16. The Hall–Kier alpha value is -3.09. The zero-order chi connectivity index (χ0) is 29.5. The molecule has 6 nitrogen and oxygen atoms in total. The minimum Gasteiger partial charge on any atom is -0.493 e. The first-order chi connectivity index (χ1) is 20.2. The number of carboxylic acid groups (broad SMARTS) is 1. The van der Waals surface area contributed by atoms with Crippen LogP contribution in [0.3, 0.4) is 0 Å². The molecule has 3 N–H and O–H groups in total. The summed E-state index contributed by atoms with van der Waals surface area (Å²) in [4.78, 5) is 17.2. The van der Waals surface area contributed by atoms with E-state index in [9.17, 15) is 15.0 Å². The predicted molar refractivity (Wildman–Crippen MR) is 165 cm³/mol. The number of nitrogens with zero attached hydrogens (tertiary/aromatic N) is 1. The van der Waals surface area contributed by atoms with Crippen molar-refractivity contribution in [3.05, 3.63) is 88.2 Å². The second kappa shape index (κ2) is 11.5. The fraction of sp³-hybridized carbons (Fsp3) is 0.486. The number of nitrogens with one attached hydrogen (secondary N) is 1. The topological polar surface area (TPSA) is 91.7 Å². The molecule has 7 heteroatoms. The summed E-state index contributed by atoms with van der Waals surface area (Å²) < 4.78 is 6.42. The van der Waals surface area contributed by atoms with Gasteiger partial charge in [0.15, 0.2) is 0 Å². The van der Waals surface area contributed by atoms with Gasteiger partial charge in [0.25, 0.3) is 0 Å². The molecule has 0 aliphatic heterocycles. The molecule has 6 rings (SSSR count). The number of aliphatic hydroxyl groups excluding tert-OH is 1. The van der Waals surface area contributed by atoms with E-state index in [1.165, 1.54) is 11.1 Å². The van der Waals surface area contributed by atoms with E-state index in [4.69, 9.17) is 16.3 Å². The van der Waals surface area contributed by atoms with Gasteiger partial charge in [0.1, 0.15) is 11.3 Å². The standard InChI is InChI=1S/C35H41ClN2O4/c1-22-17-28-31(10-15-37-32(28)30(39)18-22)42-21-23(2)16-25-19-24-6-3-4-9-29(24)34(25)11-13-35(14-12-34,33(40)41)38-27-8-5-7-26(36)20-27/h3-10,15,20,22-23,25,30,38-39H,11-14,16-19,21H2,1-2H3,(H,40,41)/t22-,23-,25+,30+,34?,35?/m1/s1. The van der Waals surface area contributed by atoms with E-state index in [0.29, 0.717) is 42.2 Å². The molecule has 0 bridgehead atoms. The highest BCUT2D eigenvalue weighted by atomic mass is 35.5. The largest absolute Gasteiger partial charge is 0.493 e. The van der Waals surface area contributed by atoms with Gasteiger partial charge in [-0.15, -0.1) is 0 Å². The predicted octanol–water partition coefficient (Wildman–Crippen LogP) is 7.38. The lowest BCUT2D eigenvalue weighted by atomic mass is 9.59. The van der Waals surface area contributed by atoms with E-state index in [1.807, 2.05) is 18.2 Å². The Balaban J connectivity index is 1.19. The Morgan fingerprint density at radius 2 is 1.90 bits per heavy atom. The number of halogens is 1. The number of carboxylic acids is 1. The van der Waals surface area contributed by atoms with Crippen LogP contribution in [-0.2, 0) is 23.1 Å². The maximum Gasteiger partial charge on any atom is 0.329 e. The SMILES string of the molecule is C[C@@H]1Cc2c(OC[C@H](C)C[C@H]3Cc4ccccc4C34CCC(Nc3cccc(Cl)c3)(C(=O)O)CC4)ccnc2[C@@H](O)C1. The number of benzene rings is 2. The first kappa shape index (κ1) is 29.0. The van der Waals surface area contributed by atoms with Crippen LogP contribution in [-0.4, -0.2) is 33.3 Å². The van der Waals surface area contributed by atoms with Crippen molar-refractivity contribution in [2.24, 2.45) is 17.8 Å². The molecule has 4 atom stereocenters. The molecule has 222 valence electrons. The van der Waals surface area contributed by atoms with Crippen LogP contribution in [0.2, 0.25) is 5.02 Å². The molecule has 0 unspecified atom stereocenters. The van der Waals surface area contributed by atoms with Gasteiger partial charge in [0, 0.05) is 22.5 Å². The first-order valence-corrected chi connectivity index (χ1v) is 15.7. The van der Waals surface area contributed by atoms with Gasteiger partial charge in [0.05, 0.1) is 18.4 Å². The Morgan fingerprint density at radius 3 is 2.67 bits per heavy atom. The van der Waals surface area contributed by atoms with Crippen LogP contribution in [0.5, 0.6) is 5.75 Å². The number of anilines is 1. The molecule has 1 aromatic heterocycles. The van der Waals surface area contributed by atoms with E-state index in [2.05, 4.69) is 48.4 Å². The third-order valence-corrected chi connectivity index (χ3v) is 10.4. The lowest BCUT2D eigenvalue weighted by Gasteiger charge is -2.47. The molecule has 3 aromatic rings. The summed E-state index contributed by atoms with van der Waals surface area (Å²) in [6.45, 7) is 5.02. The molecule has 42 heavy (non-hydrogen) atoms. The van der Waals surface area contributed by atoms with Gasteiger partial charge in [-0.1, -0.05) is 55.8 Å². The van der Waals surface area contributed by atoms with Crippen molar-refractivity contribution in [1.82, 2.24) is 4.98 Å². The quantitative estimate of drug-likeness (QED) is 0.254. The zero-order valence-corrected chi connectivity index (χ0v) is 25.2. The summed E-state index contributed by atoms with van der Waals surface area (Å²) in [5, 5.41) is 24.9. The number of rotatable bonds is 8. The molecule has 1 fully saturated rings. The number of pyridine rings is 1. The van der Waals surface area contributed by atoms with Crippen molar-refractivity contribution in [2.75, 3.05) is 11.9 Å². The van der Waals surface area contributed by atoms with Crippen LogP contribution in [0.25, 0.3) is 0 Å². The average Bonchev–Trinajstić information content (AvgIpc) is 3.25. The molecule has 2 aromatic carbocycles. The number of hydrogen-bond donors (Lipinski definition) is 3. The number of aliphatic hydroxyl groups is 1. The number of fused-ring (bicyclic) bond motifs is 3. The van der Waals surface area contributed by atoms with Crippen LogP contribution in [0.1, 0.15) is 80.9 Å². The Morgan fingerprint density at radius 1 is 1.12 bits per heavy atom. The number of aliphatic carboxylic acids is 1. The number of aromatic nitrogens is 1. The molecule has 1 spiro atoms. The molecule has 1 saturated carbocycles. The van der Waals surface area contributed by atoms with Gasteiger partial charge in [-0.2, -0.15) is 0 Å². The second-order valence-electron chi connectivity index (χ2n) is 13.1. The monoisotopic (exact) mass is 588 g/mol. The minimum absolute atomic E-state index is 0.0464. The van der Waals surface area contributed by atoms with E-state index in [-0.39, 0.29) is 5.41 Å². The second-order valence-corrected chi connectivity index (χ2v) is 13.6. The molecule has 0 amide bonds. The van der Waals surface area contributed by atoms with Gasteiger partial charge in [0.2, 0.25) is 0 Å². The van der Waals surface area contributed by atoms with Crippen LogP contribution >= 0.6 is 11.6 Å². The van der Waals surface area contributed by atoms with Crippen LogP contribution in [0, 0.1) is 17.8 Å². The van der Waals surface area contributed by atoms with Crippen molar-refractivity contribution in [3.8, 4) is 5.75 Å². The van der Waals surface area contributed by atoms with Gasteiger partial charge in [-0.25, -0.2) is 4.79 Å². The van der Waals surface area contributed by atoms with E-state index >= 15 is 0 Å². The van der Waals surface area contributed by atoms with Crippen molar-refractivity contribution in [2.45, 2.75) is 82.3 Å². The maximum absolute atomic E-state index is 12.7. The Bertz CT molecular complexity index is 1450. The zero-order valence-electron chi connectivity index (χ0n) is 24.5. The lowest BCUT2D eigenvalue weighted by Crippen LogP contribution is -2.53. The highest BCUT2D eigenvalue weighted by Gasteiger charge is 2.54. The van der Waals surface area contributed by atoms with Crippen LogP contribution in [0.15, 0.2) is 60.8 Å². The highest BCUT2D eigenvalue weighted by Crippen LogP contribution is 2.56. The molecule has 1 heterocycles. The first-order valence-electron chi connectivity index (χ1n) is 15.3. The van der Waals surface area contributed by atoms with Gasteiger partial charge < -0.3 is 20.3 Å². The maximum atomic E-state index is 12.7.